The molecule has 1 aliphatic rings. The van der Waals surface area contributed by atoms with Gasteiger partial charge in [0.05, 0.1) is 13.2 Å². The molecule has 1 aliphatic heterocycles. The molecule has 1 rings (SSSR count). The molecule has 13 heavy (non-hydrogen) atoms. The second-order valence-corrected chi connectivity index (χ2v) is 3.05. The minimum atomic E-state index is -0.253. The fraction of sp³-hybridized carbons (Fsp3) is 0.857. The van der Waals surface area contributed by atoms with E-state index in [0.29, 0.717) is 6.54 Å². The summed E-state index contributed by atoms with van der Waals surface area (Å²) in [6.45, 7) is 4.99. The van der Waals surface area contributed by atoms with Crippen molar-refractivity contribution in [2.75, 3.05) is 39.4 Å². The van der Waals surface area contributed by atoms with Gasteiger partial charge in [0.2, 0.25) is 0 Å². The van der Waals surface area contributed by atoms with Gasteiger partial charge in [-0.3, -0.25) is 9.62 Å². The van der Waals surface area contributed by atoms with E-state index >= 15 is 0 Å². The highest BCUT2D eigenvalue weighted by Gasteiger charge is 2.09. The van der Waals surface area contributed by atoms with Crippen molar-refractivity contribution in [1.82, 2.24) is 14.9 Å². The number of thiol groups is 1. The van der Waals surface area contributed by atoms with Gasteiger partial charge in [0.15, 0.2) is 0 Å². The van der Waals surface area contributed by atoms with Gasteiger partial charge in [-0.05, 0) is 0 Å². The maximum atomic E-state index is 10.7. The van der Waals surface area contributed by atoms with Gasteiger partial charge >= 0.3 is 6.03 Å². The molecule has 0 bridgehead atoms. The zero-order chi connectivity index (χ0) is 9.52. The smallest absolute Gasteiger partial charge is 0.324 e. The number of hydrogen-bond donors (Lipinski definition) is 3. The molecule has 1 heterocycles. The summed E-state index contributed by atoms with van der Waals surface area (Å²) in [7, 11) is 0. The van der Waals surface area contributed by atoms with E-state index in [9.17, 15) is 4.79 Å². The number of carbonyl (C=O) groups is 1. The summed E-state index contributed by atoms with van der Waals surface area (Å²) in [6, 6.07) is -0.253. The fourth-order valence-corrected chi connectivity index (χ4v) is 1.27. The average Bonchev–Trinajstić information content (AvgIpc) is 2.19. The van der Waals surface area contributed by atoms with E-state index in [4.69, 9.17) is 4.74 Å². The molecule has 0 radical (unpaired) electrons. The van der Waals surface area contributed by atoms with Crippen LogP contribution >= 0.6 is 12.8 Å². The molecule has 2 amide bonds. The molecule has 0 atom stereocenters. The summed E-state index contributed by atoms with van der Waals surface area (Å²) in [4.78, 5) is 13.0. The number of nitrogens with zero attached hydrogens (tertiary/aromatic N) is 1. The third-order valence-corrected chi connectivity index (χ3v) is 2.12. The van der Waals surface area contributed by atoms with E-state index in [0.717, 1.165) is 32.8 Å². The molecule has 2 N–H and O–H groups in total. The number of urea groups is 1. The lowest BCUT2D eigenvalue weighted by Crippen LogP contribution is -2.42. The number of nitrogens with one attached hydrogen (secondary N) is 2. The van der Waals surface area contributed by atoms with Crippen LogP contribution < -0.4 is 10.0 Å². The number of ether oxygens (including phenoxy) is 1. The zero-order valence-electron chi connectivity index (χ0n) is 7.45. The lowest BCUT2D eigenvalue weighted by molar-refractivity contribution is 0.0387. The highest BCUT2D eigenvalue weighted by Crippen LogP contribution is 1.94. The average molecular weight is 205 g/mol. The highest BCUT2D eigenvalue weighted by atomic mass is 32.1. The summed E-state index contributed by atoms with van der Waals surface area (Å²) in [5, 5.41) is 2.67. The van der Waals surface area contributed by atoms with Crippen molar-refractivity contribution in [1.29, 1.82) is 0 Å². The lowest BCUT2D eigenvalue weighted by atomic mass is 10.4. The molecule has 1 saturated heterocycles. The molecule has 76 valence electrons. The van der Waals surface area contributed by atoms with E-state index in [-0.39, 0.29) is 6.03 Å². The van der Waals surface area contributed by atoms with Crippen molar-refractivity contribution < 1.29 is 9.53 Å². The maximum absolute atomic E-state index is 10.7. The Labute approximate surface area is 83.3 Å². The monoisotopic (exact) mass is 205 g/mol. The van der Waals surface area contributed by atoms with Crippen LogP contribution in [-0.2, 0) is 4.74 Å². The molecule has 6 heteroatoms. The number of rotatable bonds is 3. The van der Waals surface area contributed by atoms with Crippen LogP contribution in [0.15, 0.2) is 0 Å². The van der Waals surface area contributed by atoms with E-state index < -0.39 is 0 Å². The number of morpholine rings is 1. The van der Waals surface area contributed by atoms with E-state index in [1.165, 1.54) is 0 Å². The Morgan fingerprint density at radius 1 is 1.46 bits per heavy atom. The van der Waals surface area contributed by atoms with Gasteiger partial charge in [-0.1, -0.05) is 12.8 Å². The van der Waals surface area contributed by atoms with Gasteiger partial charge in [0.25, 0.3) is 0 Å². The molecule has 5 nitrogen and oxygen atoms in total. The molecule has 0 unspecified atom stereocenters. The van der Waals surface area contributed by atoms with Crippen molar-refractivity contribution in [3.8, 4) is 0 Å². The van der Waals surface area contributed by atoms with Crippen LogP contribution in [0.2, 0.25) is 0 Å². The predicted octanol–water partition coefficient (Wildman–Crippen LogP) is -0.537. The largest absolute Gasteiger partial charge is 0.379 e. The second kappa shape index (κ2) is 6.06. The summed E-state index contributed by atoms with van der Waals surface area (Å²) in [5.74, 6) is 0. The van der Waals surface area contributed by atoms with Crippen molar-refractivity contribution >= 4 is 18.8 Å². The molecular formula is C7H15N3O2S. The standard InChI is InChI=1S/C7H15N3O2S/c11-7(9-13)8-1-2-10-3-5-12-6-4-10/h13H,1-6H2,(H2,8,9,11). The van der Waals surface area contributed by atoms with Crippen LogP contribution in [0.5, 0.6) is 0 Å². The zero-order valence-corrected chi connectivity index (χ0v) is 8.35. The first-order valence-corrected chi connectivity index (χ1v) is 4.75. The van der Waals surface area contributed by atoms with Crippen molar-refractivity contribution in [2.45, 2.75) is 0 Å². The second-order valence-electron chi connectivity index (χ2n) is 2.82. The molecule has 0 aromatic carbocycles. The minimum absolute atomic E-state index is 0.253. The summed E-state index contributed by atoms with van der Waals surface area (Å²) >= 11 is 3.62. The Balaban J connectivity index is 2.01. The summed E-state index contributed by atoms with van der Waals surface area (Å²) in [5.41, 5.74) is 0. The topological polar surface area (TPSA) is 53.6 Å². The van der Waals surface area contributed by atoms with E-state index in [1.807, 2.05) is 0 Å². The predicted molar refractivity (Wildman–Crippen MR) is 52.8 cm³/mol. The minimum Gasteiger partial charge on any atom is -0.379 e. The quantitative estimate of drug-likeness (QED) is 0.543. The first-order chi connectivity index (χ1) is 6.33. The highest BCUT2D eigenvalue weighted by molar-refractivity contribution is 7.78. The van der Waals surface area contributed by atoms with Crippen LogP contribution in [0.25, 0.3) is 0 Å². The lowest BCUT2D eigenvalue weighted by Gasteiger charge is -2.26. The molecular weight excluding hydrogens is 190 g/mol. The van der Waals surface area contributed by atoms with Crippen molar-refractivity contribution in [3.63, 3.8) is 0 Å². The third-order valence-electron chi connectivity index (χ3n) is 1.92. The first kappa shape index (κ1) is 10.6. The third kappa shape index (κ3) is 4.35. The van der Waals surface area contributed by atoms with Crippen molar-refractivity contribution in [3.05, 3.63) is 0 Å². The fourth-order valence-electron chi connectivity index (χ4n) is 1.19. The van der Waals surface area contributed by atoms with Gasteiger partial charge in [-0.2, -0.15) is 0 Å². The number of amides is 2. The van der Waals surface area contributed by atoms with Gasteiger partial charge in [0.1, 0.15) is 0 Å². The Morgan fingerprint density at radius 3 is 2.77 bits per heavy atom. The number of hydrogen-bond acceptors (Lipinski definition) is 4. The molecule has 0 aromatic rings. The van der Waals surface area contributed by atoms with Gasteiger partial charge in [-0.25, -0.2) is 4.79 Å². The van der Waals surface area contributed by atoms with Gasteiger partial charge in [0, 0.05) is 26.2 Å². The molecule has 0 saturated carbocycles. The van der Waals surface area contributed by atoms with Crippen LogP contribution in [0.1, 0.15) is 0 Å². The van der Waals surface area contributed by atoms with E-state index in [1.54, 1.807) is 0 Å². The van der Waals surface area contributed by atoms with Crippen LogP contribution in [0.3, 0.4) is 0 Å². The number of carbonyl (C=O) groups excluding carboxylic acids is 1. The molecule has 0 spiro atoms. The van der Waals surface area contributed by atoms with Gasteiger partial charge in [-0.15, -0.1) is 0 Å². The SMILES string of the molecule is O=C(NS)NCCN1CCOCC1. The van der Waals surface area contributed by atoms with Crippen LogP contribution in [0, 0.1) is 0 Å². The van der Waals surface area contributed by atoms with Crippen LogP contribution in [-0.4, -0.2) is 50.3 Å². The Kier molecular flexibility index (Phi) is 4.95. The Morgan fingerprint density at radius 2 is 2.15 bits per heavy atom. The van der Waals surface area contributed by atoms with Crippen LogP contribution in [0.4, 0.5) is 4.79 Å². The van der Waals surface area contributed by atoms with Crippen molar-refractivity contribution in [2.24, 2.45) is 0 Å². The summed E-state index contributed by atoms with van der Waals surface area (Å²) in [6.07, 6.45) is 0. The summed E-state index contributed by atoms with van der Waals surface area (Å²) < 4.78 is 7.40. The normalized spacial score (nSPS) is 18.2. The first-order valence-electron chi connectivity index (χ1n) is 4.31. The Bertz CT molecular complexity index is 162. The molecule has 1 fully saturated rings. The maximum Gasteiger partial charge on any atom is 0.324 e. The Hall–Kier alpha value is -0.460. The molecule has 0 aromatic heterocycles. The molecule has 0 aliphatic carbocycles. The van der Waals surface area contributed by atoms with Gasteiger partial charge < -0.3 is 10.1 Å². The van der Waals surface area contributed by atoms with E-state index in [2.05, 4.69) is 27.8 Å².